The van der Waals surface area contributed by atoms with Gasteiger partial charge in [-0.3, -0.25) is 0 Å². The van der Waals surface area contributed by atoms with Gasteiger partial charge in [-0.05, 0) is 18.9 Å². The SMILES string of the molecule is CN(C1CCC1)S(=O)(=O)c1c[nH]c(CCl)c1. The Morgan fingerprint density at radius 1 is 1.56 bits per heavy atom. The average Bonchev–Trinajstić information content (AvgIpc) is 2.63. The molecule has 0 saturated heterocycles. The molecule has 4 nitrogen and oxygen atoms in total. The van der Waals surface area contributed by atoms with Gasteiger partial charge in [0.25, 0.3) is 0 Å². The molecule has 2 rings (SSSR count). The Morgan fingerprint density at radius 2 is 2.25 bits per heavy atom. The molecule has 0 spiro atoms. The Bertz CT molecular complexity index is 465. The number of nitrogens with one attached hydrogen (secondary N) is 1. The quantitative estimate of drug-likeness (QED) is 0.843. The van der Waals surface area contributed by atoms with Crippen LogP contribution in [0.3, 0.4) is 0 Å². The van der Waals surface area contributed by atoms with Crippen LogP contribution in [0.25, 0.3) is 0 Å². The van der Waals surface area contributed by atoms with Gasteiger partial charge >= 0.3 is 0 Å². The predicted molar refractivity (Wildman–Crippen MR) is 62.9 cm³/mol. The second-order valence-electron chi connectivity index (χ2n) is 4.10. The summed E-state index contributed by atoms with van der Waals surface area (Å²) in [5.74, 6) is 0.294. The molecule has 0 unspecified atom stereocenters. The Morgan fingerprint density at radius 3 is 2.69 bits per heavy atom. The summed E-state index contributed by atoms with van der Waals surface area (Å²) in [6.07, 6.45) is 4.54. The van der Waals surface area contributed by atoms with E-state index in [4.69, 9.17) is 11.6 Å². The fourth-order valence-electron chi connectivity index (χ4n) is 1.76. The van der Waals surface area contributed by atoms with Gasteiger partial charge in [0.2, 0.25) is 10.0 Å². The minimum atomic E-state index is -3.34. The summed E-state index contributed by atoms with van der Waals surface area (Å²) in [5.41, 5.74) is 0.724. The Hall–Kier alpha value is -0.520. The summed E-state index contributed by atoms with van der Waals surface area (Å²) >= 11 is 5.63. The van der Waals surface area contributed by atoms with E-state index in [1.165, 1.54) is 10.5 Å². The molecule has 1 aliphatic rings. The summed E-state index contributed by atoms with van der Waals surface area (Å²) in [6, 6.07) is 1.76. The number of aromatic nitrogens is 1. The van der Waals surface area contributed by atoms with Crippen LogP contribution < -0.4 is 0 Å². The highest BCUT2D eigenvalue weighted by Gasteiger charge is 2.32. The number of H-pyrrole nitrogens is 1. The molecule has 1 fully saturated rings. The Labute approximate surface area is 101 Å². The molecule has 0 atom stereocenters. The predicted octanol–water partition coefficient (Wildman–Crippen LogP) is 1.93. The van der Waals surface area contributed by atoms with Crippen molar-refractivity contribution >= 4 is 21.6 Å². The van der Waals surface area contributed by atoms with E-state index >= 15 is 0 Å². The van der Waals surface area contributed by atoms with E-state index < -0.39 is 10.0 Å². The summed E-state index contributed by atoms with van der Waals surface area (Å²) in [4.78, 5) is 3.16. The van der Waals surface area contributed by atoms with Crippen LogP contribution in [0.1, 0.15) is 25.0 Å². The molecular weight excluding hydrogens is 248 g/mol. The average molecular weight is 263 g/mol. The number of alkyl halides is 1. The third-order valence-corrected chi connectivity index (χ3v) is 5.30. The lowest BCUT2D eigenvalue weighted by Crippen LogP contribution is -2.41. The van der Waals surface area contributed by atoms with Crippen molar-refractivity contribution in [1.82, 2.24) is 9.29 Å². The third-order valence-electron chi connectivity index (χ3n) is 3.13. The van der Waals surface area contributed by atoms with Gasteiger partial charge in [-0.25, -0.2) is 8.42 Å². The molecule has 1 saturated carbocycles. The monoisotopic (exact) mass is 262 g/mol. The summed E-state index contributed by atoms with van der Waals surface area (Å²) in [7, 11) is -1.70. The number of sulfonamides is 1. The van der Waals surface area contributed by atoms with Crippen LogP contribution in [-0.2, 0) is 15.9 Å². The number of hydrogen-bond donors (Lipinski definition) is 1. The van der Waals surface area contributed by atoms with Gasteiger partial charge in [0.1, 0.15) is 0 Å². The van der Waals surface area contributed by atoms with E-state index in [9.17, 15) is 8.42 Å². The van der Waals surface area contributed by atoms with Crippen molar-refractivity contribution < 1.29 is 8.42 Å². The lowest BCUT2D eigenvalue weighted by Gasteiger charge is -2.33. The zero-order chi connectivity index (χ0) is 11.8. The van der Waals surface area contributed by atoms with Gasteiger partial charge in [0.05, 0.1) is 10.8 Å². The van der Waals surface area contributed by atoms with Crippen molar-refractivity contribution in [3.05, 3.63) is 18.0 Å². The normalized spacial score (nSPS) is 17.7. The lowest BCUT2D eigenvalue weighted by atomic mass is 9.94. The largest absolute Gasteiger partial charge is 0.363 e. The van der Waals surface area contributed by atoms with Crippen molar-refractivity contribution in [3.63, 3.8) is 0 Å². The van der Waals surface area contributed by atoms with Crippen LogP contribution >= 0.6 is 11.6 Å². The van der Waals surface area contributed by atoms with Gasteiger partial charge < -0.3 is 4.98 Å². The molecule has 16 heavy (non-hydrogen) atoms. The van der Waals surface area contributed by atoms with Crippen molar-refractivity contribution in [2.75, 3.05) is 7.05 Å². The van der Waals surface area contributed by atoms with E-state index in [1.54, 1.807) is 13.1 Å². The fourth-order valence-corrected chi connectivity index (χ4v) is 3.35. The number of hydrogen-bond acceptors (Lipinski definition) is 2. The second kappa shape index (κ2) is 4.39. The van der Waals surface area contributed by atoms with E-state index in [0.29, 0.717) is 10.8 Å². The first-order valence-electron chi connectivity index (χ1n) is 5.27. The molecule has 0 aromatic carbocycles. The van der Waals surface area contributed by atoms with Gasteiger partial charge in [0.15, 0.2) is 0 Å². The molecular formula is C10H15ClN2O2S. The highest BCUT2D eigenvalue weighted by atomic mass is 35.5. The molecule has 1 heterocycles. The van der Waals surface area contributed by atoms with Crippen molar-refractivity contribution in [3.8, 4) is 0 Å². The molecule has 1 aliphatic carbocycles. The number of nitrogens with zero attached hydrogens (tertiary/aromatic N) is 1. The Balaban J connectivity index is 2.23. The van der Waals surface area contributed by atoms with E-state index in [2.05, 4.69) is 4.98 Å². The van der Waals surface area contributed by atoms with Crippen LogP contribution in [0, 0.1) is 0 Å². The topological polar surface area (TPSA) is 53.2 Å². The Kier molecular flexibility index (Phi) is 3.28. The number of halogens is 1. The van der Waals surface area contributed by atoms with Crippen molar-refractivity contribution in [2.24, 2.45) is 0 Å². The lowest BCUT2D eigenvalue weighted by molar-refractivity contribution is 0.249. The highest BCUT2D eigenvalue weighted by molar-refractivity contribution is 7.89. The summed E-state index contributed by atoms with van der Waals surface area (Å²) < 4.78 is 25.8. The zero-order valence-electron chi connectivity index (χ0n) is 9.11. The van der Waals surface area contributed by atoms with Crippen LogP contribution in [0.15, 0.2) is 17.2 Å². The van der Waals surface area contributed by atoms with Crippen molar-refractivity contribution in [1.29, 1.82) is 0 Å². The molecule has 6 heteroatoms. The maximum absolute atomic E-state index is 12.2. The fraction of sp³-hybridized carbons (Fsp3) is 0.600. The summed E-state index contributed by atoms with van der Waals surface area (Å²) in [6.45, 7) is 0. The number of rotatable bonds is 4. The minimum Gasteiger partial charge on any atom is -0.363 e. The van der Waals surface area contributed by atoms with Crippen molar-refractivity contribution in [2.45, 2.75) is 36.1 Å². The molecule has 1 aromatic rings. The first-order valence-corrected chi connectivity index (χ1v) is 7.24. The first-order chi connectivity index (χ1) is 7.55. The third kappa shape index (κ3) is 1.99. The van der Waals surface area contributed by atoms with Gasteiger partial charge in [-0.2, -0.15) is 4.31 Å². The van der Waals surface area contributed by atoms with E-state index in [-0.39, 0.29) is 6.04 Å². The maximum Gasteiger partial charge on any atom is 0.244 e. The molecule has 1 N–H and O–H groups in total. The molecule has 0 aliphatic heterocycles. The van der Waals surface area contributed by atoms with E-state index in [0.717, 1.165) is 25.0 Å². The first kappa shape index (κ1) is 12.0. The van der Waals surface area contributed by atoms with Gasteiger partial charge in [-0.1, -0.05) is 6.42 Å². The van der Waals surface area contributed by atoms with Crippen LogP contribution in [0.4, 0.5) is 0 Å². The molecule has 0 bridgehead atoms. The minimum absolute atomic E-state index is 0.166. The number of aromatic amines is 1. The van der Waals surface area contributed by atoms with Gasteiger partial charge in [-0.15, -0.1) is 11.6 Å². The van der Waals surface area contributed by atoms with Gasteiger partial charge in [0, 0.05) is 25.0 Å². The zero-order valence-corrected chi connectivity index (χ0v) is 10.7. The standard InChI is InChI=1S/C10H15ClN2O2S/c1-13(9-3-2-4-9)16(14,15)10-5-8(6-11)12-7-10/h5,7,9,12H,2-4,6H2,1H3. The highest BCUT2D eigenvalue weighted by Crippen LogP contribution is 2.28. The summed E-state index contributed by atoms with van der Waals surface area (Å²) in [5, 5.41) is 0. The van der Waals surface area contributed by atoms with Crippen LogP contribution in [0.2, 0.25) is 0 Å². The second-order valence-corrected chi connectivity index (χ2v) is 6.36. The molecule has 1 aromatic heterocycles. The van der Waals surface area contributed by atoms with Crippen LogP contribution in [-0.4, -0.2) is 30.8 Å². The molecule has 90 valence electrons. The smallest absolute Gasteiger partial charge is 0.244 e. The van der Waals surface area contributed by atoms with Crippen LogP contribution in [0.5, 0.6) is 0 Å². The van der Waals surface area contributed by atoms with E-state index in [1.807, 2.05) is 0 Å². The maximum atomic E-state index is 12.2. The molecule has 0 radical (unpaired) electrons. The molecule has 0 amide bonds.